The zero-order valence-electron chi connectivity index (χ0n) is 9.43. The Kier molecular flexibility index (Phi) is 2.84. The van der Waals surface area contributed by atoms with Crippen molar-refractivity contribution in [3.8, 4) is 11.8 Å². The molecule has 1 atom stereocenters. The number of nitrogens with two attached hydrogens (primary N) is 1. The summed E-state index contributed by atoms with van der Waals surface area (Å²) in [5.74, 6) is 0.447. The molecule has 0 aliphatic carbocycles. The predicted molar refractivity (Wildman–Crippen MR) is 61.9 cm³/mol. The van der Waals surface area contributed by atoms with Crippen molar-refractivity contribution in [1.29, 1.82) is 5.26 Å². The molecule has 0 spiro atoms. The minimum Gasteiger partial charge on any atom is -0.440 e. The van der Waals surface area contributed by atoms with Gasteiger partial charge in [-0.3, -0.25) is 4.79 Å². The van der Waals surface area contributed by atoms with Gasteiger partial charge in [-0.15, -0.1) is 0 Å². The van der Waals surface area contributed by atoms with Crippen LogP contribution in [0.5, 0.6) is 5.75 Å². The normalized spacial score (nSPS) is 18.0. The maximum atomic E-state index is 11.3. The van der Waals surface area contributed by atoms with E-state index in [1.54, 1.807) is 6.07 Å². The molecule has 1 aromatic carbocycles. The molecule has 0 bridgehead atoms. The van der Waals surface area contributed by atoms with Crippen molar-refractivity contribution >= 4 is 5.78 Å². The molecule has 1 heterocycles. The first kappa shape index (κ1) is 11.2. The second-order valence-corrected chi connectivity index (χ2v) is 3.99. The monoisotopic (exact) mass is 228 g/mol. The van der Waals surface area contributed by atoms with Crippen LogP contribution in [0, 0.1) is 11.3 Å². The van der Waals surface area contributed by atoms with E-state index in [4.69, 9.17) is 15.7 Å². The van der Waals surface area contributed by atoms with Gasteiger partial charge in [0, 0.05) is 17.9 Å². The maximum absolute atomic E-state index is 11.3. The van der Waals surface area contributed by atoms with Gasteiger partial charge in [-0.25, -0.2) is 0 Å². The second kappa shape index (κ2) is 4.30. The molecule has 86 valence electrons. The molecule has 0 radical (unpaired) electrons. The molecule has 2 rings (SSSR count). The second-order valence-electron chi connectivity index (χ2n) is 3.99. The van der Waals surface area contributed by atoms with E-state index in [0.29, 0.717) is 11.3 Å². The molecule has 0 aromatic heterocycles. The number of carbonyl (C=O) groups is 1. The fourth-order valence-electron chi connectivity index (χ4n) is 1.99. The molecule has 1 unspecified atom stereocenters. The lowest BCUT2D eigenvalue weighted by atomic mass is 9.86. The van der Waals surface area contributed by atoms with E-state index < -0.39 is 0 Å². The number of ether oxygens (including phenoxy) is 1. The van der Waals surface area contributed by atoms with Crippen LogP contribution in [-0.2, 0) is 4.79 Å². The molecule has 1 aliphatic heterocycles. The first-order chi connectivity index (χ1) is 8.13. The van der Waals surface area contributed by atoms with Crippen molar-refractivity contribution in [1.82, 2.24) is 0 Å². The first-order valence-electron chi connectivity index (χ1n) is 5.29. The number of hydrogen-bond donors (Lipinski definition) is 1. The van der Waals surface area contributed by atoms with Crippen LogP contribution in [0.15, 0.2) is 35.7 Å². The zero-order valence-corrected chi connectivity index (χ0v) is 9.43. The molecular weight excluding hydrogens is 216 g/mol. The number of rotatable bonds is 2. The topological polar surface area (TPSA) is 76.1 Å². The van der Waals surface area contributed by atoms with Crippen LogP contribution in [0.1, 0.15) is 24.8 Å². The Bertz CT molecular complexity index is 541. The highest BCUT2D eigenvalue weighted by Crippen LogP contribution is 2.39. The highest BCUT2D eigenvalue weighted by molar-refractivity contribution is 5.77. The number of allylic oxidation sites excluding steroid dienone is 1. The van der Waals surface area contributed by atoms with Gasteiger partial charge in [-0.05, 0) is 13.0 Å². The number of fused-ring (bicyclic) bond motifs is 1. The number of benzene rings is 1. The van der Waals surface area contributed by atoms with Gasteiger partial charge in [0.05, 0.1) is 5.57 Å². The highest BCUT2D eigenvalue weighted by Gasteiger charge is 2.29. The van der Waals surface area contributed by atoms with Crippen molar-refractivity contribution < 1.29 is 9.53 Å². The van der Waals surface area contributed by atoms with Crippen LogP contribution in [0.4, 0.5) is 0 Å². The van der Waals surface area contributed by atoms with Gasteiger partial charge in [0.25, 0.3) is 0 Å². The predicted octanol–water partition coefficient (Wildman–Crippen LogP) is 1.84. The number of para-hydroxylation sites is 1. The van der Waals surface area contributed by atoms with Gasteiger partial charge in [0.15, 0.2) is 0 Å². The van der Waals surface area contributed by atoms with Crippen LogP contribution in [0.3, 0.4) is 0 Å². The smallest absolute Gasteiger partial charge is 0.205 e. The molecule has 1 aliphatic rings. The fourth-order valence-corrected chi connectivity index (χ4v) is 1.99. The Balaban J connectivity index is 2.51. The van der Waals surface area contributed by atoms with Crippen molar-refractivity contribution in [3.63, 3.8) is 0 Å². The number of Topliss-reactive ketones (excluding diaryl/α,β-unsaturated/α-hetero) is 1. The molecule has 0 saturated carbocycles. The van der Waals surface area contributed by atoms with Gasteiger partial charge >= 0.3 is 0 Å². The molecule has 1 aromatic rings. The molecule has 0 amide bonds. The van der Waals surface area contributed by atoms with E-state index in [1.807, 2.05) is 24.3 Å². The van der Waals surface area contributed by atoms with Crippen LogP contribution in [-0.4, -0.2) is 5.78 Å². The minimum absolute atomic E-state index is 0.0206. The lowest BCUT2D eigenvalue weighted by molar-refractivity contribution is -0.117. The highest BCUT2D eigenvalue weighted by atomic mass is 16.5. The van der Waals surface area contributed by atoms with Crippen molar-refractivity contribution in [2.24, 2.45) is 5.73 Å². The van der Waals surface area contributed by atoms with E-state index >= 15 is 0 Å². The summed E-state index contributed by atoms with van der Waals surface area (Å²) < 4.78 is 5.37. The third-order valence-corrected chi connectivity index (χ3v) is 2.74. The van der Waals surface area contributed by atoms with Gasteiger partial charge in [0.1, 0.15) is 17.6 Å². The fraction of sp³-hybridized carbons (Fsp3) is 0.231. The van der Waals surface area contributed by atoms with Gasteiger partial charge in [0.2, 0.25) is 5.88 Å². The van der Waals surface area contributed by atoms with Crippen LogP contribution in [0.25, 0.3) is 0 Å². The zero-order chi connectivity index (χ0) is 12.4. The Morgan fingerprint density at radius 2 is 2.24 bits per heavy atom. The Morgan fingerprint density at radius 1 is 1.53 bits per heavy atom. The third kappa shape index (κ3) is 2.00. The molecule has 4 nitrogen and oxygen atoms in total. The first-order valence-corrected chi connectivity index (χ1v) is 5.29. The summed E-state index contributed by atoms with van der Waals surface area (Å²) >= 11 is 0. The van der Waals surface area contributed by atoms with Crippen LogP contribution < -0.4 is 10.5 Å². The molecule has 0 fully saturated rings. The number of hydrogen-bond acceptors (Lipinski definition) is 4. The average molecular weight is 228 g/mol. The van der Waals surface area contributed by atoms with E-state index in [1.165, 1.54) is 6.92 Å². The molecular formula is C13H12N2O2. The molecule has 17 heavy (non-hydrogen) atoms. The lowest BCUT2D eigenvalue weighted by Crippen LogP contribution is -2.21. The van der Waals surface area contributed by atoms with E-state index in [9.17, 15) is 4.79 Å². The number of nitriles is 1. The number of ketones is 1. The van der Waals surface area contributed by atoms with Gasteiger partial charge < -0.3 is 10.5 Å². The summed E-state index contributed by atoms with van der Waals surface area (Å²) in [4.78, 5) is 11.3. The maximum Gasteiger partial charge on any atom is 0.205 e. The summed E-state index contributed by atoms with van der Waals surface area (Å²) in [5.41, 5.74) is 6.87. The van der Waals surface area contributed by atoms with E-state index in [0.717, 1.165) is 5.56 Å². The number of nitrogens with zero attached hydrogens (tertiary/aromatic N) is 1. The summed E-state index contributed by atoms with van der Waals surface area (Å²) in [6.07, 6.45) is 0.268. The van der Waals surface area contributed by atoms with Gasteiger partial charge in [-0.1, -0.05) is 18.2 Å². The van der Waals surface area contributed by atoms with Gasteiger partial charge in [-0.2, -0.15) is 5.26 Å². The van der Waals surface area contributed by atoms with E-state index in [-0.39, 0.29) is 24.0 Å². The largest absolute Gasteiger partial charge is 0.440 e. The Hall–Kier alpha value is -2.28. The summed E-state index contributed by atoms with van der Waals surface area (Å²) in [6, 6.07) is 9.34. The third-order valence-electron chi connectivity index (χ3n) is 2.74. The standard InChI is InChI=1S/C13H12N2O2/c1-8(16)6-10-9-4-2-3-5-12(9)17-13(15)11(10)7-14/h2-5,10H,6,15H2,1H3. The molecule has 2 N–H and O–H groups in total. The summed E-state index contributed by atoms with van der Waals surface area (Å²) in [6.45, 7) is 1.50. The lowest BCUT2D eigenvalue weighted by Gasteiger charge is -2.25. The Morgan fingerprint density at radius 3 is 2.88 bits per heavy atom. The van der Waals surface area contributed by atoms with E-state index in [2.05, 4.69) is 0 Å². The van der Waals surface area contributed by atoms with Crippen molar-refractivity contribution in [3.05, 3.63) is 41.3 Å². The number of carbonyl (C=O) groups excluding carboxylic acids is 1. The average Bonchev–Trinajstić information content (AvgIpc) is 2.28. The molecule has 0 saturated heterocycles. The Labute approximate surface area is 99.3 Å². The van der Waals surface area contributed by atoms with Crippen LogP contribution >= 0.6 is 0 Å². The van der Waals surface area contributed by atoms with Crippen molar-refractivity contribution in [2.45, 2.75) is 19.3 Å². The quantitative estimate of drug-likeness (QED) is 0.837. The molecule has 4 heteroatoms. The summed E-state index contributed by atoms with van der Waals surface area (Å²) in [7, 11) is 0. The van der Waals surface area contributed by atoms with Crippen LogP contribution in [0.2, 0.25) is 0 Å². The minimum atomic E-state index is -0.289. The van der Waals surface area contributed by atoms with Crippen molar-refractivity contribution in [2.75, 3.05) is 0 Å². The summed E-state index contributed by atoms with van der Waals surface area (Å²) in [5, 5.41) is 9.09. The SMILES string of the molecule is CC(=O)CC1C(C#N)=C(N)Oc2ccccc21.